The van der Waals surface area contributed by atoms with Gasteiger partial charge in [0.1, 0.15) is 0 Å². The Hall–Kier alpha value is -0.960. The molecule has 0 amide bonds. The summed E-state index contributed by atoms with van der Waals surface area (Å²) in [6, 6.07) is 20.3. The summed E-state index contributed by atoms with van der Waals surface area (Å²) < 4.78 is 0. The quantitative estimate of drug-likeness (QED) is 0.568. The van der Waals surface area contributed by atoms with Crippen molar-refractivity contribution in [3.63, 3.8) is 0 Å². The summed E-state index contributed by atoms with van der Waals surface area (Å²) in [5, 5.41) is 0. The lowest BCUT2D eigenvalue weighted by atomic mass is 10.4. The molecule has 14 heavy (non-hydrogen) atoms. The van der Waals surface area contributed by atoms with Gasteiger partial charge in [0.05, 0.1) is 0 Å². The van der Waals surface area contributed by atoms with Gasteiger partial charge in [-0.05, 0) is 27.3 Å². The predicted molar refractivity (Wildman–Crippen MR) is 66.7 cm³/mol. The summed E-state index contributed by atoms with van der Waals surface area (Å²) in [4.78, 5) is 0. The third-order valence-electron chi connectivity index (χ3n) is 1.37. The molecule has 0 spiro atoms. The van der Waals surface area contributed by atoms with E-state index in [0.717, 1.165) is 0 Å². The van der Waals surface area contributed by atoms with Crippen LogP contribution in [0.5, 0.6) is 0 Å². The first kappa shape index (κ1) is 11.1. The number of hydrogen-bond acceptors (Lipinski definition) is 0. The van der Waals surface area contributed by atoms with Gasteiger partial charge >= 0.3 is 0 Å². The zero-order valence-corrected chi connectivity index (χ0v) is 9.61. The molecule has 0 saturated carbocycles. The van der Waals surface area contributed by atoms with Gasteiger partial charge in [-0.15, -0.1) is 0 Å². The maximum absolute atomic E-state index is 2.14. The molecule has 1 rings (SSSR count). The van der Waals surface area contributed by atoms with E-state index < -0.39 is 0 Å². The van der Waals surface area contributed by atoms with Crippen molar-refractivity contribution in [2.75, 3.05) is 0 Å². The summed E-state index contributed by atoms with van der Waals surface area (Å²) in [6.07, 6.45) is 0. The Bertz CT molecular complexity index is 221. The Morgan fingerprint density at radius 3 is 1.00 bits per heavy atom. The molecular weight excluding hydrogens is 206 g/mol. The second-order valence-electron chi connectivity index (χ2n) is 2.45. The molecule has 0 fully saturated rings. The normalized spacial score (nSPS) is 9.14. The van der Waals surface area contributed by atoms with Crippen molar-refractivity contribution in [2.45, 2.75) is 0 Å². The maximum atomic E-state index is 2.14. The molecule has 0 saturated heterocycles. The standard InChI is InChI=1S/C12H12P2/c1-2-4-6-8-10-12-14-13-11-9-7-5-3-1/h1-12H. The van der Waals surface area contributed by atoms with Crippen LogP contribution in [0.25, 0.3) is 0 Å². The SMILES string of the molecule is c1ccccccppccccc1. The van der Waals surface area contributed by atoms with Crippen LogP contribution in [-0.2, 0) is 0 Å². The van der Waals surface area contributed by atoms with Gasteiger partial charge in [-0.3, -0.25) is 0 Å². The Morgan fingerprint density at radius 2 is 0.643 bits per heavy atom. The van der Waals surface area contributed by atoms with Gasteiger partial charge in [0.2, 0.25) is 0 Å². The van der Waals surface area contributed by atoms with Crippen molar-refractivity contribution in [3.8, 4) is 0 Å². The lowest BCUT2D eigenvalue weighted by Crippen LogP contribution is -1.44. The highest BCUT2D eigenvalue weighted by Crippen LogP contribution is 2.12. The van der Waals surface area contributed by atoms with E-state index in [2.05, 4.69) is 23.7 Å². The monoisotopic (exact) mass is 218 g/mol. The molecule has 0 atom stereocenters. The fourth-order valence-corrected chi connectivity index (χ4v) is 2.20. The summed E-state index contributed by atoms with van der Waals surface area (Å²) in [7, 11) is 2.61. The Balaban J connectivity index is 3.00. The summed E-state index contributed by atoms with van der Waals surface area (Å²) in [5.74, 6) is 4.28. The number of rotatable bonds is 0. The van der Waals surface area contributed by atoms with Crippen molar-refractivity contribution >= 4 is 15.7 Å². The van der Waals surface area contributed by atoms with Crippen LogP contribution in [0.4, 0.5) is 0 Å². The molecule has 1 heterocycles. The zero-order valence-electron chi connectivity index (χ0n) is 7.82. The highest BCUT2D eigenvalue weighted by Gasteiger charge is 1.59. The van der Waals surface area contributed by atoms with Crippen molar-refractivity contribution in [2.24, 2.45) is 0 Å². The van der Waals surface area contributed by atoms with Crippen LogP contribution >= 0.6 is 15.7 Å². The van der Waals surface area contributed by atoms with Crippen LogP contribution in [0.3, 0.4) is 0 Å². The minimum Gasteiger partial charge on any atom is -0.0623 e. The van der Waals surface area contributed by atoms with Gasteiger partial charge in [-0.2, -0.15) is 0 Å². The Labute approximate surface area is 88.4 Å². The van der Waals surface area contributed by atoms with Crippen LogP contribution in [0.2, 0.25) is 0 Å². The minimum atomic E-state index is 1.30. The van der Waals surface area contributed by atoms with Crippen molar-refractivity contribution < 1.29 is 0 Å². The first-order valence-electron chi connectivity index (χ1n) is 4.38. The van der Waals surface area contributed by atoms with Crippen LogP contribution in [-0.4, -0.2) is 0 Å². The van der Waals surface area contributed by atoms with Gasteiger partial charge in [0.25, 0.3) is 0 Å². The molecule has 0 unspecified atom stereocenters. The first-order chi connectivity index (χ1) is 7.00. The fraction of sp³-hybridized carbons (Fsp3) is 0. The lowest BCUT2D eigenvalue weighted by molar-refractivity contribution is 1.76. The van der Waals surface area contributed by atoms with Crippen LogP contribution in [0, 0.1) is 0 Å². The molecular formula is C12H12P2. The third-order valence-corrected chi connectivity index (χ3v) is 3.32. The largest absolute Gasteiger partial charge is 0.0623 e. The van der Waals surface area contributed by atoms with Crippen molar-refractivity contribution in [1.82, 2.24) is 0 Å². The molecule has 0 N–H and O–H groups in total. The first-order valence-corrected chi connectivity index (χ1v) is 7.02. The van der Waals surface area contributed by atoms with E-state index in [9.17, 15) is 0 Å². The highest BCUT2D eigenvalue weighted by atomic mass is 31.8. The van der Waals surface area contributed by atoms with E-state index in [1.54, 1.807) is 0 Å². The molecule has 1 aromatic rings. The molecule has 0 aromatic carbocycles. The Morgan fingerprint density at radius 1 is 0.357 bits per heavy atom. The average Bonchev–Trinajstić information content (AvgIpc) is 2.22. The van der Waals surface area contributed by atoms with Crippen molar-refractivity contribution in [1.29, 1.82) is 0 Å². The topological polar surface area (TPSA) is 0 Å². The third kappa shape index (κ3) is 6.54. The summed E-state index contributed by atoms with van der Waals surface area (Å²) in [5.41, 5.74) is 0. The zero-order chi connectivity index (χ0) is 9.90. The predicted octanol–water partition coefficient (Wildman–Crippen LogP) is 5.10. The molecule has 0 nitrogen and oxygen atoms in total. The smallest absolute Gasteiger partial charge is 0.0301 e. The molecule has 70 valence electrons. The number of hydrogen-bond donors (Lipinski definition) is 0. The van der Waals surface area contributed by atoms with E-state index in [1.165, 1.54) is 15.7 Å². The van der Waals surface area contributed by atoms with E-state index in [4.69, 9.17) is 0 Å². The average molecular weight is 218 g/mol. The van der Waals surface area contributed by atoms with Gasteiger partial charge in [-0.25, -0.2) is 0 Å². The van der Waals surface area contributed by atoms with Gasteiger partial charge in [0, 0.05) is 0 Å². The van der Waals surface area contributed by atoms with Crippen molar-refractivity contribution in [3.05, 3.63) is 72.3 Å². The second-order valence-corrected chi connectivity index (χ2v) is 4.90. The van der Waals surface area contributed by atoms with Crippen LogP contribution in [0.15, 0.2) is 72.3 Å². The lowest BCUT2D eigenvalue weighted by Gasteiger charge is -1.69. The van der Waals surface area contributed by atoms with Crippen LogP contribution in [0.1, 0.15) is 0 Å². The van der Waals surface area contributed by atoms with Gasteiger partial charge in [-0.1, -0.05) is 60.7 Å². The summed E-state index contributed by atoms with van der Waals surface area (Å²) in [6.45, 7) is 0. The molecule has 0 bridgehead atoms. The summed E-state index contributed by atoms with van der Waals surface area (Å²) >= 11 is 0. The van der Waals surface area contributed by atoms with E-state index in [-0.39, 0.29) is 0 Å². The Kier molecular flexibility index (Phi) is 6.85. The molecule has 0 radical (unpaired) electrons. The molecule has 2 heteroatoms. The van der Waals surface area contributed by atoms with E-state index in [1.807, 2.05) is 48.5 Å². The minimum absolute atomic E-state index is 1.30. The van der Waals surface area contributed by atoms with E-state index in [0.29, 0.717) is 0 Å². The van der Waals surface area contributed by atoms with Gasteiger partial charge < -0.3 is 0 Å². The highest BCUT2D eigenvalue weighted by molar-refractivity contribution is 7.89. The molecule has 0 aliphatic carbocycles. The fourth-order valence-electron chi connectivity index (χ4n) is 0.767. The molecule has 0 aliphatic heterocycles. The molecule has 0 aliphatic rings. The van der Waals surface area contributed by atoms with E-state index >= 15 is 0 Å². The molecule has 1 aromatic heterocycles. The second kappa shape index (κ2) is 8.63. The van der Waals surface area contributed by atoms with Gasteiger partial charge in [0.15, 0.2) is 0 Å². The maximum Gasteiger partial charge on any atom is -0.0301 e. The van der Waals surface area contributed by atoms with Crippen LogP contribution < -0.4 is 0 Å².